The number of benzene rings is 2. The van der Waals surface area contributed by atoms with Gasteiger partial charge in [-0.3, -0.25) is 4.79 Å². The number of hydrogen-bond donors (Lipinski definition) is 2. The van der Waals surface area contributed by atoms with E-state index < -0.39 is 5.91 Å². The molecule has 0 atom stereocenters. The van der Waals surface area contributed by atoms with E-state index in [9.17, 15) is 4.79 Å². The van der Waals surface area contributed by atoms with E-state index in [-0.39, 0.29) is 17.3 Å². The fourth-order valence-electron chi connectivity index (χ4n) is 3.56. The zero-order valence-corrected chi connectivity index (χ0v) is 19.9. The SMILES string of the molecule is COc1cccc(-c2c(C(=O)NN=C(C)c3ccc(CC(C)C)cc3)nnn2-c2nonc2N)c1. The van der Waals surface area contributed by atoms with Crippen molar-refractivity contribution in [2.75, 3.05) is 12.8 Å². The van der Waals surface area contributed by atoms with Crippen molar-refractivity contribution in [3.05, 3.63) is 65.4 Å². The van der Waals surface area contributed by atoms with E-state index in [4.69, 9.17) is 15.1 Å². The average molecular weight is 475 g/mol. The maximum absolute atomic E-state index is 13.1. The summed E-state index contributed by atoms with van der Waals surface area (Å²) >= 11 is 0. The van der Waals surface area contributed by atoms with Crippen LogP contribution in [0.25, 0.3) is 17.1 Å². The Morgan fingerprint density at radius 1 is 1.20 bits per heavy atom. The highest BCUT2D eigenvalue weighted by atomic mass is 16.6. The van der Waals surface area contributed by atoms with E-state index >= 15 is 0 Å². The van der Waals surface area contributed by atoms with Crippen molar-refractivity contribution >= 4 is 17.4 Å². The second-order valence-electron chi connectivity index (χ2n) is 8.34. The molecule has 11 nitrogen and oxygen atoms in total. The lowest BCUT2D eigenvalue weighted by Gasteiger charge is -2.08. The first-order valence-corrected chi connectivity index (χ1v) is 11.0. The third-order valence-electron chi connectivity index (χ3n) is 5.27. The van der Waals surface area contributed by atoms with Crippen LogP contribution in [0.15, 0.2) is 58.3 Å². The molecule has 35 heavy (non-hydrogen) atoms. The third-order valence-corrected chi connectivity index (χ3v) is 5.27. The quantitative estimate of drug-likeness (QED) is 0.292. The van der Waals surface area contributed by atoms with Crippen LogP contribution in [0.5, 0.6) is 5.75 Å². The number of nitrogens with one attached hydrogen (secondary N) is 1. The number of nitrogen functional groups attached to an aromatic ring is 1. The van der Waals surface area contributed by atoms with Crippen molar-refractivity contribution < 1.29 is 14.2 Å². The van der Waals surface area contributed by atoms with E-state index in [0.29, 0.717) is 28.6 Å². The van der Waals surface area contributed by atoms with Gasteiger partial charge in [0.1, 0.15) is 11.4 Å². The van der Waals surface area contributed by atoms with Crippen molar-refractivity contribution in [3.63, 3.8) is 0 Å². The zero-order valence-electron chi connectivity index (χ0n) is 19.9. The van der Waals surface area contributed by atoms with Gasteiger partial charge in [0.05, 0.1) is 12.8 Å². The Morgan fingerprint density at radius 2 is 1.97 bits per heavy atom. The molecular formula is C24H26N8O3. The van der Waals surface area contributed by atoms with Crippen molar-refractivity contribution in [1.29, 1.82) is 0 Å². The van der Waals surface area contributed by atoms with E-state index in [1.165, 1.54) is 10.2 Å². The van der Waals surface area contributed by atoms with Gasteiger partial charge in [0, 0.05) is 5.56 Å². The van der Waals surface area contributed by atoms with Gasteiger partial charge in [0.25, 0.3) is 5.91 Å². The molecule has 0 bridgehead atoms. The Kier molecular flexibility index (Phi) is 6.86. The Labute approximate surface area is 201 Å². The molecule has 2 aromatic carbocycles. The molecule has 3 N–H and O–H groups in total. The summed E-state index contributed by atoms with van der Waals surface area (Å²) in [5.41, 5.74) is 12.2. The molecule has 0 fully saturated rings. The van der Waals surface area contributed by atoms with Gasteiger partial charge < -0.3 is 10.5 Å². The van der Waals surface area contributed by atoms with Crippen LogP contribution in [-0.4, -0.2) is 44.0 Å². The van der Waals surface area contributed by atoms with Crippen LogP contribution in [-0.2, 0) is 6.42 Å². The van der Waals surface area contributed by atoms with E-state index in [2.05, 4.69) is 57.1 Å². The standard InChI is InChI=1S/C24H26N8O3/c1-14(2)12-16-8-10-17(11-9-16)15(3)26-28-24(33)20-21(18-6-5-7-19(13-18)34-4)32(31-27-20)23-22(25)29-35-30-23/h5-11,13-14H,12H2,1-4H3,(H2,25,29)(H,28,33). The molecule has 180 valence electrons. The van der Waals surface area contributed by atoms with Gasteiger partial charge in [-0.1, -0.05) is 55.5 Å². The monoisotopic (exact) mass is 474 g/mol. The average Bonchev–Trinajstić information content (AvgIpc) is 3.48. The summed E-state index contributed by atoms with van der Waals surface area (Å²) < 4.78 is 11.3. The Hall–Kier alpha value is -4.54. The number of carbonyl (C=O) groups excluding carboxylic acids is 1. The first-order valence-electron chi connectivity index (χ1n) is 11.0. The molecule has 1 amide bonds. The molecule has 0 aliphatic rings. The number of hydrogen-bond acceptors (Lipinski definition) is 9. The Bertz CT molecular complexity index is 1360. The molecule has 0 radical (unpaired) electrons. The molecule has 2 aromatic heterocycles. The zero-order chi connectivity index (χ0) is 24.9. The summed E-state index contributed by atoms with van der Waals surface area (Å²) in [7, 11) is 1.55. The summed E-state index contributed by atoms with van der Waals surface area (Å²) in [6.07, 6.45) is 1.00. The van der Waals surface area contributed by atoms with E-state index in [1.807, 2.05) is 19.1 Å². The molecule has 11 heteroatoms. The molecule has 2 heterocycles. The number of hydrazone groups is 1. The van der Waals surface area contributed by atoms with Gasteiger partial charge in [-0.25, -0.2) is 10.1 Å². The van der Waals surface area contributed by atoms with Gasteiger partial charge in [0.2, 0.25) is 11.6 Å². The van der Waals surface area contributed by atoms with Crippen LogP contribution in [0.4, 0.5) is 5.82 Å². The van der Waals surface area contributed by atoms with Crippen LogP contribution in [0.2, 0.25) is 0 Å². The number of nitrogens with zero attached hydrogens (tertiary/aromatic N) is 6. The highest BCUT2D eigenvalue weighted by Crippen LogP contribution is 2.29. The number of carbonyl (C=O) groups is 1. The number of amides is 1. The van der Waals surface area contributed by atoms with E-state index in [0.717, 1.165) is 12.0 Å². The summed E-state index contributed by atoms with van der Waals surface area (Å²) in [6, 6.07) is 15.2. The predicted molar refractivity (Wildman–Crippen MR) is 130 cm³/mol. The fraction of sp³-hybridized carbons (Fsp3) is 0.250. The lowest BCUT2D eigenvalue weighted by molar-refractivity contribution is 0.0950. The highest BCUT2D eigenvalue weighted by molar-refractivity contribution is 6.02. The molecule has 0 aliphatic carbocycles. The van der Waals surface area contributed by atoms with Crippen LogP contribution in [0.1, 0.15) is 42.4 Å². The van der Waals surface area contributed by atoms with E-state index in [1.54, 1.807) is 31.4 Å². The van der Waals surface area contributed by atoms with Crippen LogP contribution < -0.4 is 15.9 Å². The van der Waals surface area contributed by atoms with Gasteiger partial charge in [-0.15, -0.1) is 5.10 Å². The second-order valence-corrected chi connectivity index (χ2v) is 8.34. The summed E-state index contributed by atoms with van der Waals surface area (Å²) in [4.78, 5) is 13.1. The second kappa shape index (κ2) is 10.2. The topological polar surface area (TPSA) is 146 Å². The Morgan fingerprint density at radius 3 is 2.63 bits per heavy atom. The van der Waals surface area contributed by atoms with Gasteiger partial charge in [-0.05, 0) is 52.8 Å². The van der Waals surface area contributed by atoms with Crippen LogP contribution in [0.3, 0.4) is 0 Å². The summed E-state index contributed by atoms with van der Waals surface area (Å²) in [6.45, 7) is 6.18. The number of rotatable bonds is 8. The largest absolute Gasteiger partial charge is 0.497 e. The molecule has 0 saturated carbocycles. The summed E-state index contributed by atoms with van der Waals surface area (Å²) in [5.74, 6) is 0.712. The number of nitrogens with two attached hydrogens (primary N) is 1. The summed E-state index contributed by atoms with van der Waals surface area (Å²) in [5, 5.41) is 19.8. The van der Waals surface area contributed by atoms with Crippen molar-refractivity contribution in [2.24, 2.45) is 11.0 Å². The van der Waals surface area contributed by atoms with Crippen LogP contribution >= 0.6 is 0 Å². The molecule has 0 unspecified atom stereocenters. The third kappa shape index (κ3) is 5.18. The fourth-order valence-corrected chi connectivity index (χ4v) is 3.56. The lowest BCUT2D eigenvalue weighted by Crippen LogP contribution is -2.21. The first-order chi connectivity index (χ1) is 16.9. The minimum atomic E-state index is -0.556. The van der Waals surface area contributed by atoms with Gasteiger partial charge >= 0.3 is 0 Å². The number of methoxy groups -OCH3 is 1. The normalized spacial score (nSPS) is 11.6. The minimum Gasteiger partial charge on any atom is -0.497 e. The maximum Gasteiger partial charge on any atom is 0.294 e. The molecular weight excluding hydrogens is 448 g/mol. The van der Waals surface area contributed by atoms with Gasteiger partial charge in [-0.2, -0.15) is 9.78 Å². The molecule has 0 saturated heterocycles. The van der Waals surface area contributed by atoms with Crippen LogP contribution in [0, 0.1) is 5.92 Å². The van der Waals surface area contributed by atoms with Crippen molar-refractivity contribution in [2.45, 2.75) is 27.2 Å². The first kappa shape index (κ1) is 23.6. The molecule has 4 rings (SSSR count). The smallest absolute Gasteiger partial charge is 0.294 e. The number of aromatic nitrogens is 5. The molecule has 4 aromatic rings. The number of ether oxygens (including phenoxy) is 1. The highest BCUT2D eigenvalue weighted by Gasteiger charge is 2.25. The van der Waals surface area contributed by atoms with Crippen molar-refractivity contribution in [1.82, 2.24) is 30.7 Å². The van der Waals surface area contributed by atoms with Gasteiger partial charge in [0.15, 0.2) is 5.69 Å². The minimum absolute atomic E-state index is 0.000725. The molecule has 0 spiro atoms. The lowest BCUT2D eigenvalue weighted by atomic mass is 10.0. The van der Waals surface area contributed by atoms with Crippen molar-refractivity contribution in [3.8, 4) is 22.8 Å². The number of anilines is 1. The maximum atomic E-state index is 13.1. The Balaban J connectivity index is 1.64. The predicted octanol–water partition coefficient (Wildman–Crippen LogP) is 3.26. The molecule has 0 aliphatic heterocycles.